The monoisotopic (exact) mass is 437 g/mol. The van der Waals surface area contributed by atoms with Gasteiger partial charge in [0.25, 0.3) is 5.91 Å². The summed E-state index contributed by atoms with van der Waals surface area (Å²) in [6.07, 6.45) is 0. The van der Waals surface area contributed by atoms with Gasteiger partial charge < -0.3 is 5.32 Å². The van der Waals surface area contributed by atoms with Crippen LogP contribution in [0.4, 0.5) is 5.69 Å². The topological polar surface area (TPSA) is 29.1 Å². The summed E-state index contributed by atoms with van der Waals surface area (Å²) in [5.74, 6) is -0.184. The normalized spacial score (nSPS) is 11.5. The fraction of sp³-hybridized carbons (Fsp3) is 0. The van der Waals surface area contributed by atoms with Gasteiger partial charge in [0.2, 0.25) is 0 Å². The Morgan fingerprint density at radius 1 is 0.677 bits per heavy atom. The summed E-state index contributed by atoms with van der Waals surface area (Å²) in [6, 6.07) is 30.7. The molecule has 148 valence electrons. The molecule has 0 spiro atoms. The average Bonchev–Trinajstić information content (AvgIpc) is 3.15. The van der Waals surface area contributed by atoms with Crippen LogP contribution in [0.15, 0.2) is 91.0 Å². The molecule has 0 radical (unpaired) electrons. The molecule has 31 heavy (non-hydrogen) atoms. The summed E-state index contributed by atoms with van der Waals surface area (Å²) in [4.78, 5) is 13.8. The van der Waals surface area contributed by atoms with Crippen LogP contribution in [0.2, 0.25) is 5.02 Å². The Morgan fingerprint density at radius 2 is 1.39 bits per heavy atom. The SMILES string of the molecule is O=C(Nc1cccc2cc3ccccc3cc12)c1sc2c(ccc3ccccc32)c1Cl. The lowest BCUT2D eigenvalue weighted by atomic mass is 10.0. The molecule has 1 N–H and O–H groups in total. The lowest BCUT2D eigenvalue weighted by Gasteiger charge is -2.10. The van der Waals surface area contributed by atoms with E-state index in [0.717, 1.165) is 42.7 Å². The number of thiophene rings is 1. The summed E-state index contributed by atoms with van der Waals surface area (Å²) in [7, 11) is 0. The molecule has 5 aromatic carbocycles. The van der Waals surface area contributed by atoms with Gasteiger partial charge in [-0.25, -0.2) is 0 Å². The number of amides is 1. The number of carbonyl (C=O) groups excluding carboxylic acids is 1. The van der Waals surface area contributed by atoms with Crippen molar-refractivity contribution in [2.45, 2.75) is 0 Å². The molecular weight excluding hydrogens is 422 g/mol. The third-order valence-corrected chi connectivity index (χ3v) is 7.46. The minimum absolute atomic E-state index is 0.184. The molecule has 1 aromatic heterocycles. The van der Waals surface area contributed by atoms with Crippen molar-refractivity contribution in [2.75, 3.05) is 5.32 Å². The highest BCUT2D eigenvalue weighted by molar-refractivity contribution is 7.22. The lowest BCUT2D eigenvalue weighted by molar-refractivity contribution is 0.103. The number of anilines is 1. The largest absolute Gasteiger partial charge is 0.321 e. The molecular formula is C27H16ClNOS. The van der Waals surface area contributed by atoms with Crippen molar-refractivity contribution in [3.05, 3.63) is 101 Å². The van der Waals surface area contributed by atoms with E-state index in [4.69, 9.17) is 11.6 Å². The first kappa shape index (κ1) is 18.4. The van der Waals surface area contributed by atoms with Crippen molar-refractivity contribution in [1.29, 1.82) is 0 Å². The Balaban J connectivity index is 1.46. The highest BCUT2D eigenvalue weighted by atomic mass is 35.5. The van der Waals surface area contributed by atoms with E-state index in [1.807, 2.05) is 48.5 Å². The Morgan fingerprint density at radius 3 is 2.23 bits per heavy atom. The van der Waals surface area contributed by atoms with Crippen molar-refractivity contribution in [3.63, 3.8) is 0 Å². The van der Waals surface area contributed by atoms with E-state index in [-0.39, 0.29) is 5.91 Å². The second kappa shape index (κ2) is 7.09. The van der Waals surface area contributed by atoms with E-state index in [0.29, 0.717) is 9.90 Å². The van der Waals surface area contributed by atoms with E-state index in [2.05, 4.69) is 47.8 Å². The van der Waals surface area contributed by atoms with E-state index in [1.165, 1.54) is 16.7 Å². The number of halogens is 1. The van der Waals surface area contributed by atoms with Crippen LogP contribution in [-0.4, -0.2) is 5.91 Å². The minimum atomic E-state index is -0.184. The Hall–Kier alpha value is -3.40. The van der Waals surface area contributed by atoms with Gasteiger partial charge in [-0.15, -0.1) is 11.3 Å². The molecule has 2 nitrogen and oxygen atoms in total. The van der Waals surface area contributed by atoms with Crippen LogP contribution in [0.3, 0.4) is 0 Å². The first-order chi connectivity index (χ1) is 15.2. The number of rotatable bonds is 2. The molecule has 6 aromatic rings. The first-order valence-electron chi connectivity index (χ1n) is 10.0. The van der Waals surface area contributed by atoms with Crippen molar-refractivity contribution in [1.82, 2.24) is 0 Å². The molecule has 0 fully saturated rings. The van der Waals surface area contributed by atoms with Crippen molar-refractivity contribution in [3.8, 4) is 0 Å². The van der Waals surface area contributed by atoms with Gasteiger partial charge in [-0.2, -0.15) is 0 Å². The van der Waals surface area contributed by atoms with E-state index in [1.54, 1.807) is 0 Å². The number of carbonyl (C=O) groups is 1. The molecule has 0 atom stereocenters. The molecule has 0 aliphatic carbocycles. The molecule has 0 aliphatic rings. The number of benzene rings is 5. The maximum absolute atomic E-state index is 13.3. The van der Waals surface area contributed by atoms with Crippen LogP contribution in [0, 0.1) is 0 Å². The molecule has 4 heteroatoms. The van der Waals surface area contributed by atoms with Crippen molar-refractivity contribution >= 4 is 76.9 Å². The molecule has 0 saturated carbocycles. The standard InChI is InChI=1S/C27H16ClNOS/c28-24-21-13-12-16-6-3-4-10-20(16)25(21)31-26(24)27(30)29-23-11-5-9-19-14-17-7-1-2-8-18(17)15-22(19)23/h1-15H,(H,29,30). The Labute approximate surface area is 187 Å². The number of nitrogens with one attached hydrogen (secondary N) is 1. The Kier molecular flexibility index (Phi) is 4.20. The van der Waals surface area contributed by atoms with Crippen LogP contribution < -0.4 is 5.32 Å². The maximum atomic E-state index is 13.3. The quantitative estimate of drug-likeness (QED) is 0.271. The summed E-state index contributed by atoms with van der Waals surface area (Å²) in [6.45, 7) is 0. The molecule has 1 heterocycles. The molecule has 6 rings (SSSR count). The average molecular weight is 438 g/mol. The van der Waals surface area contributed by atoms with Gasteiger partial charge in [-0.05, 0) is 45.1 Å². The van der Waals surface area contributed by atoms with Crippen LogP contribution in [0.5, 0.6) is 0 Å². The summed E-state index contributed by atoms with van der Waals surface area (Å²) in [5, 5.41) is 11.2. The van der Waals surface area contributed by atoms with E-state index in [9.17, 15) is 4.79 Å². The van der Waals surface area contributed by atoms with Crippen LogP contribution in [0.1, 0.15) is 9.67 Å². The fourth-order valence-electron chi connectivity index (χ4n) is 4.20. The van der Waals surface area contributed by atoms with Gasteiger partial charge in [-0.3, -0.25) is 4.79 Å². The molecule has 0 unspecified atom stereocenters. The summed E-state index contributed by atoms with van der Waals surface area (Å²) < 4.78 is 1.04. The molecule has 0 aliphatic heterocycles. The summed E-state index contributed by atoms with van der Waals surface area (Å²) >= 11 is 8.11. The van der Waals surface area contributed by atoms with Crippen molar-refractivity contribution < 1.29 is 4.79 Å². The van der Waals surface area contributed by atoms with E-state index < -0.39 is 0 Å². The zero-order valence-corrected chi connectivity index (χ0v) is 17.9. The molecule has 0 saturated heterocycles. The Bertz CT molecular complexity index is 1650. The second-order valence-corrected chi connectivity index (χ2v) is 8.99. The van der Waals surface area contributed by atoms with Gasteiger partial charge in [0.1, 0.15) is 4.88 Å². The van der Waals surface area contributed by atoms with Gasteiger partial charge in [0.05, 0.1) is 5.02 Å². The number of hydrogen-bond acceptors (Lipinski definition) is 2. The van der Waals surface area contributed by atoms with Gasteiger partial charge in [0.15, 0.2) is 0 Å². The highest BCUT2D eigenvalue weighted by Gasteiger charge is 2.19. The summed E-state index contributed by atoms with van der Waals surface area (Å²) in [5.41, 5.74) is 0.784. The maximum Gasteiger partial charge on any atom is 0.267 e. The predicted molar refractivity (Wildman–Crippen MR) is 134 cm³/mol. The third-order valence-electron chi connectivity index (χ3n) is 5.72. The smallest absolute Gasteiger partial charge is 0.267 e. The zero-order valence-electron chi connectivity index (χ0n) is 16.4. The van der Waals surface area contributed by atoms with Gasteiger partial charge in [0, 0.05) is 21.2 Å². The lowest BCUT2D eigenvalue weighted by Crippen LogP contribution is -2.10. The first-order valence-corrected chi connectivity index (χ1v) is 11.2. The highest BCUT2D eigenvalue weighted by Crippen LogP contribution is 2.40. The second-order valence-electron chi connectivity index (χ2n) is 7.59. The zero-order chi connectivity index (χ0) is 20.9. The van der Waals surface area contributed by atoms with Crippen LogP contribution in [-0.2, 0) is 0 Å². The number of fused-ring (bicyclic) bond motifs is 5. The van der Waals surface area contributed by atoms with Gasteiger partial charge >= 0.3 is 0 Å². The van der Waals surface area contributed by atoms with E-state index >= 15 is 0 Å². The molecule has 0 bridgehead atoms. The predicted octanol–water partition coefficient (Wildman–Crippen LogP) is 8.27. The van der Waals surface area contributed by atoms with Crippen LogP contribution >= 0.6 is 22.9 Å². The number of hydrogen-bond donors (Lipinski definition) is 1. The minimum Gasteiger partial charge on any atom is -0.321 e. The third kappa shape index (κ3) is 2.97. The fourth-order valence-corrected chi connectivity index (χ4v) is 5.73. The van der Waals surface area contributed by atoms with Gasteiger partial charge in [-0.1, -0.05) is 84.4 Å². The van der Waals surface area contributed by atoms with Crippen LogP contribution in [0.25, 0.3) is 42.4 Å². The molecule has 1 amide bonds. The van der Waals surface area contributed by atoms with Crippen molar-refractivity contribution in [2.24, 2.45) is 0 Å².